The molecule has 0 aromatic carbocycles. The minimum absolute atomic E-state index is 0. The maximum Gasteiger partial charge on any atom is 0.410 e. The standard InChI is InChI=1S/C12H22N2O2.ClH/c1-11(2,3)16-10(15)14-7-12(8-14)5-4-9(13)6-12;/h9H,4-8,13H2,1-3H3;1H. The number of carbonyl (C=O) groups excluding carboxylic acids is 1. The number of carbonyl (C=O) groups is 1. The van der Waals surface area contributed by atoms with Crippen LogP contribution in [0.2, 0.25) is 0 Å². The number of nitrogens with zero attached hydrogens (tertiary/aromatic N) is 1. The highest BCUT2D eigenvalue weighted by molar-refractivity contribution is 5.85. The summed E-state index contributed by atoms with van der Waals surface area (Å²) in [7, 11) is 0. The summed E-state index contributed by atoms with van der Waals surface area (Å²) in [6.07, 6.45) is 3.14. The first-order chi connectivity index (χ1) is 7.30. The van der Waals surface area contributed by atoms with E-state index in [0.29, 0.717) is 11.5 Å². The lowest BCUT2D eigenvalue weighted by Crippen LogP contribution is -2.58. The Morgan fingerprint density at radius 1 is 1.41 bits per heavy atom. The lowest BCUT2D eigenvalue weighted by atomic mass is 9.78. The SMILES string of the molecule is CC(C)(C)OC(=O)N1CC2(CCC(N)C2)C1.Cl. The van der Waals surface area contributed by atoms with E-state index >= 15 is 0 Å². The third kappa shape index (κ3) is 3.26. The quantitative estimate of drug-likeness (QED) is 0.728. The fourth-order valence-electron chi connectivity index (χ4n) is 2.76. The molecule has 1 saturated carbocycles. The molecule has 0 aromatic heterocycles. The van der Waals surface area contributed by atoms with Gasteiger partial charge in [-0.2, -0.15) is 0 Å². The van der Waals surface area contributed by atoms with Crippen molar-refractivity contribution in [2.75, 3.05) is 13.1 Å². The third-order valence-electron chi connectivity index (χ3n) is 3.44. The molecular weight excluding hydrogens is 240 g/mol. The first kappa shape index (κ1) is 14.6. The van der Waals surface area contributed by atoms with Gasteiger partial charge in [-0.15, -0.1) is 12.4 Å². The molecule has 1 atom stereocenters. The highest BCUT2D eigenvalue weighted by Crippen LogP contribution is 2.45. The molecule has 5 heteroatoms. The van der Waals surface area contributed by atoms with Crippen LogP contribution in [0.5, 0.6) is 0 Å². The maximum absolute atomic E-state index is 11.7. The molecule has 100 valence electrons. The minimum atomic E-state index is -0.397. The van der Waals surface area contributed by atoms with Crippen LogP contribution in [0, 0.1) is 5.41 Å². The second kappa shape index (κ2) is 4.65. The van der Waals surface area contributed by atoms with E-state index in [1.165, 1.54) is 0 Å². The Bertz CT molecular complexity index is 295. The van der Waals surface area contributed by atoms with E-state index < -0.39 is 5.60 Å². The Morgan fingerprint density at radius 3 is 2.41 bits per heavy atom. The topological polar surface area (TPSA) is 55.6 Å². The van der Waals surface area contributed by atoms with E-state index in [-0.39, 0.29) is 18.5 Å². The van der Waals surface area contributed by atoms with Gasteiger partial charge >= 0.3 is 6.09 Å². The Labute approximate surface area is 109 Å². The molecule has 2 N–H and O–H groups in total. The van der Waals surface area contributed by atoms with Crippen LogP contribution in [0.1, 0.15) is 40.0 Å². The second-order valence-electron chi connectivity index (χ2n) is 6.34. The average molecular weight is 263 g/mol. The van der Waals surface area contributed by atoms with Crippen LogP contribution in [-0.2, 0) is 4.74 Å². The van der Waals surface area contributed by atoms with Crippen LogP contribution in [0.15, 0.2) is 0 Å². The van der Waals surface area contributed by atoms with Gasteiger partial charge in [0.2, 0.25) is 0 Å². The summed E-state index contributed by atoms with van der Waals surface area (Å²) in [5.74, 6) is 0. The summed E-state index contributed by atoms with van der Waals surface area (Å²) in [6.45, 7) is 7.34. The van der Waals surface area contributed by atoms with Gasteiger partial charge in [0.05, 0.1) is 0 Å². The molecule has 4 nitrogen and oxygen atoms in total. The van der Waals surface area contributed by atoms with Gasteiger partial charge in [-0.3, -0.25) is 0 Å². The largest absolute Gasteiger partial charge is 0.444 e. The number of amides is 1. The molecule has 2 fully saturated rings. The molecule has 1 saturated heterocycles. The zero-order chi connectivity index (χ0) is 12.0. The second-order valence-corrected chi connectivity index (χ2v) is 6.34. The van der Waals surface area contributed by atoms with Gasteiger partial charge in [0.1, 0.15) is 5.60 Å². The van der Waals surface area contributed by atoms with E-state index in [1.54, 1.807) is 4.90 Å². The number of hydrogen-bond acceptors (Lipinski definition) is 3. The number of nitrogens with two attached hydrogens (primary N) is 1. The van der Waals surface area contributed by atoms with Crippen LogP contribution in [0.25, 0.3) is 0 Å². The lowest BCUT2D eigenvalue weighted by Gasteiger charge is -2.48. The summed E-state index contributed by atoms with van der Waals surface area (Å²) in [6, 6.07) is 0.334. The van der Waals surface area contributed by atoms with E-state index in [9.17, 15) is 4.79 Å². The molecule has 1 aliphatic heterocycles. The molecule has 1 unspecified atom stereocenters. The smallest absolute Gasteiger partial charge is 0.410 e. The molecule has 1 spiro atoms. The van der Waals surface area contributed by atoms with Gasteiger partial charge < -0.3 is 15.4 Å². The van der Waals surface area contributed by atoms with Crippen molar-refractivity contribution >= 4 is 18.5 Å². The summed E-state index contributed by atoms with van der Waals surface area (Å²) in [4.78, 5) is 13.5. The van der Waals surface area contributed by atoms with Crippen molar-refractivity contribution in [3.63, 3.8) is 0 Å². The predicted octanol–water partition coefficient (Wildman–Crippen LogP) is 2.16. The molecule has 2 rings (SSSR count). The van der Waals surface area contributed by atoms with Crippen LogP contribution in [-0.4, -0.2) is 35.7 Å². The van der Waals surface area contributed by atoms with Crippen molar-refractivity contribution in [1.29, 1.82) is 0 Å². The summed E-state index contributed by atoms with van der Waals surface area (Å²) < 4.78 is 5.33. The molecule has 1 amide bonds. The van der Waals surface area contributed by atoms with Crippen molar-refractivity contribution in [3.05, 3.63) is 0 Å². The molecule has 2 aliphatic rings. The van der Waals surface area contributed by atoms with Gasteiger partial charge in [0, 0.05) is 24.5 Å². The van der Waals surface area contributed by atoms with E-state index in [4.69, 9.17) is 10.5 Å². The zero-order valence-electron chi connectivity index (χ0n) is 10.9. The molecular formula is C12H23ClN2O2. The van der Waals surface area contributed by atoms with Gasteiger partial charge in [-0.25, -0.2) is 4.79 Å². The van der Waals surface area contributed by atoms with Crippen LogP contribution < -0.4 is 5.73 Å². The molecule has 0 bridgehead atoms. The van der Waals surface area contributed by atoms with E-state index in [2.05, 4.69) is 0 Å². The molecule has 0 aromatic rings. The number of halogens is 1. The van der Waals surface area contributed by atoms with Crippen molar-refractivity contribution < 1.29 is 9.53 Å². The number of likely N-dealkylation sites (tertiary alicyclic amines) is 1. The fraction of sp³-hybridized carbons (Fsp3) is 0.917. The Balaban J connectivity index is 0.00000144. The Kier molecular flexibility index (Phi) is 3.99. The molecule has 1 aliphatic carbocycles. The predicted molar refractivity (Wildman–Crippen MR) is 69.3 cm³/mol. The van der Waals surface area contributed by atoms with Crippen molar-refractivity contribution in [1.82, 2.24) is 4.90 Å². The number of ether oxygens (including phenoxy) is 1. The van der Waals surface area contributed by atoms with Crippen LogP contribution >= 0.6 is 12.4 Å². The Morgan fingerprint density at radius 2 is 2.00 bits per heavy atom. The first-order valence-electron chi connectivity index (χ1n) is 6.03. The average Bonchev–Trinajstić information content (AvgIpc) is 2.41. The number of rotatable bonds is 0. The zero-order valence-corrected chi connectivity index (χ0v) is 11.7. The molecule has 17 heavy (non-hydrogen) atoms. The Hall–Kier alpha value is -0.480. The minimum Gasteiger partial charge on any atom is -0.444 e. The number of hydrogen-bond donors (Lipinski definition) is 1. The lowest BCUT2D eigenvalue weighted by molar-refractivity contribution is -0.0322. The van der Waals surface area contributed by atoms with Gasteiger partial charge in [-0.1, -0.05) is 0 Å². The van der Waals surface area contributed by atoms with Crippen molar-refractivity contribution in [3.8, 4) is 0 Å². The first-order valence-corrected chi connectivity index (χ1v) is 6.03. The van der Waals surface area contributed by atoms with Gasteiger partial charge in [-0.05, 0) is 40.0 Å². The summed E-state index contributed by atoms with van der Waals surface area (Å²) >= 11 is 0. The monoisotopic (exact) mass is 262 g/mol. The highest BCUT2D eigenvalue weighted by atomic mass is 35.5. The highest BCUT2D eigenvalue weighted by Gasteiger charge is 2.49. The summed E-state index contributed by atoms with van der Waals surface area (Å²) in [5, 5.41) is 0. The maximum atomic E-state index is 11.7. The van der Waals surface area contributed by atoms with Crippen molar-refractivity contribution in [2.45, 2.75) is 51.7 Å². The van der Waals surface area contributed by atoms with E-state index in [1.807, 2.05) is 20.8 Å². The van der Waals surface area contributed by atoms with Gasteiger partial charge in [0.25, 0.3) is 0 Å². The van der Waals surface area contributed by atoms with Crippen LogP contribution in [0.3, 0.4) is 0 Å². The van der Waals surface area contributed by atoms with Crippen LogP contribution in [0.4, 0.5) is 4.79 Å². The molecule has 1 heterocycles. The van der Waals surface area contributed by atoms with Gasteiger partial charge in [0.15, 0.2) is 0 Å². The van der Waals surface area contributed by atoms with Crippen molar-refractivity contribution in [2.24, 2.45) is 11.1 Å². The normalized spacial score (nSPS) is 26.4. The summed E-state index contributed by atoms with van der Waals surface area (Å²) in [5.41, 5.74) is 5.83. The molecule has 0 radical (unpaired) electrons. The van der Waals surface area contributed by atoms with E-state index in [0.717, 1.165) is 32.4 Å². The third-order valence-corrected chi connectivity index (χ3v) is 3.44. The fourth-order valence-corrected chi connectivity index (χ4v) is 2.76.